The van der Waals surface area contributed by atoms with Crippen LogP contribution in [0.1, 0.15) is 36.0 Å². The van der Waals surface area contributed by atoms with E-state index in [1.807, 2.05) is 0 Å². The van der Waals surface area contributed by atoms with Gasteiger partial charge in [-0.05, 0) is 25.0 Å². The molecule has 0 radical (unpaired) electrons. The van der Waals surface area contributed by atoms with E-state index in [4.69, 9.17) is 0 Å². The smallest absolute Gasteiger partial charge is 0.254 e. The van der Waals surface area contributed by atoms with E-state index in [1.54, 1.807) is 24.1 Å². The standard InChI is InChI=1S/C16H21N5O3S/c1-20(13-5-3-4-6-14(13)25(2,23)24)16(22)12-7-8-18-15(9-12)21-11-17-10-19-21/h7-11,13-14H,3-6H2,1-2H3. The van der Waals surface area contributed by atoms with Gasteiger partial charge < -0.3 is 4.90 Å². The van der Waals surface area contributed by atoms with Crippen LogP contribution in [0.2, 0.25) is 0 Å². The molecule has 2 heterocycles. The average molecular weight is 363 g/mol. The van der Waals surface area contributed by atoms with Crippen LogP contribution in [0.25, 0.3) is 5.82 Å². The van der Waals surface area contributed by atoms with Gasteiger partial charge >= 0.3 is 0 Å². The molecule has 2 atom stereocenters. The van der Waals surface area contributed by atoms with E-state index in [1.165, 1.54) is 29.8 Å². The molecule has 1 saturated carbocycles. The number of hydrogen-bond donors (Lipinski definition) is 0. The summed E-state index contributed by atoms with van der Waals surface area (Å²) in [5, 5.41) is 3.50. The second kappa shape index (κ2) is 6.91. The monoisotopic (exact) mass is 363 g/mol. The Kier molecular flexibility index (Phi) is 4.85. The summed E-state index contributed by atoms with van der Waals surface area (Å²) in [4.78, 5) is 22.5. The molecule has 0 aromatic carbocycles. The van der Waals surface area contributed by atoms with Crippen LogP contribution in [0.15, 0.2) is 31.0 Å². The van der Waals surface area contributed by atoms with Crippen molar-refractivity contribution in [3.63, 3.8) is 0 Å². The maximum atomic E-state index is 12.9. The molecule has 8 nitrogen and oxygen atoms in total. The van der Waals surface area contributed by atoms with Crippen molar-refractivity contribution in [2.24, 2.45) is 0 Å². The van der Waals surface area contributed by atoms with Gasteiger partial charge in [-0.1, -0.05) is 12.8 Å². The van der Waals surface area contributed by atoms with Crippen molar-refractivity contribution in [3.05, 3.63) is 36.5 Å². The fourth-order valence-electron chi connectivity index (χ4n) is 3.38. The van der Waals surface area contributed by atoms with Crippen LogP contribution in [0.5, 0.6) is 0 Å². The van der Waals surface area contributed by atoms with Gasteiger partial charge in [-0.25, -0.2) is 23.1 Å². The molecule has 1 aliphatic carbocycles. The second-order valence-electron chi connectivity index (χ2n) is 6.38. The van der Waals surface area contributed by atoms with E-state index in [0.29, 0.717) is 24.2 Å². The maximum Gasteiger partial charge on any atom is 0.254 e. The lowest BCUT2D eigenvalue weighted by Crippen LogP contribution is -2.49. The summed E-state index contributed by atoms with van der Waals surface area (Å²) in [7, 11) is -1.54. The Morgan fingerprint density at radius 1 is 1.32 bits per heavy atom. The minimum atomic E-state index is -3.21. The summed E-state index contributed by atoms with van der Waals surface area (Å²) < 4.78 is 25.7. The zero-order chi connectivity index (χ0) is 18.0. The number of carbonyl (C=O) groups is 1. The van der Waals surface area contributed by atoms with Crippen molar-refractivity contribution in [2.75, 3.05) is 13.3 Å². The Balaban J connectivity index is 1.86. The fourth-order valence-corrected chi connectivity index (χ4v) is 4.86. The Labute approximate surface area is 146 Å². The van der Waals surface area contributed by atoms with E-state index in [-0.39, 0.29) is 11.9 Å². The minimum Gasteiger partial charge on any atom is -0.337 e. The Hall–Kier alpha value is -2.29. The molecule has 25 heavy (non-hydrogen) atoms. The molecular weight excluding hydrogens is 342 g/mol. The lowest BCUT2D eigenvalue weighted by molar-refractivity contribution is 0.0700. The quantitative estimate of drug-likeness (QED) is 0.806. The first-order valence-electron chi connectivity index (χ1n) is 8.15. The average Bonchev–Trinajstić information content (AvgIpc) is 3.14. The van der Waals surface area contributed by atoms with E-state index < -0.39 is 15.1 Å². The van der Waals surface area contributed by atoms with Gasteiger partial charge in [0, 0.05) is 31.1 Å². The van der Waals surface area contributed by atoms with Crippen molar-refractivity contribution in [1.82, 2.24) is 24.6 Å². The van der Waals surface area contributed by atoms with Crippen molar-refractivity contribution >= 4 is 15.7 Å². The summed E-state index contributed by atoms with van der Waals surface area (Å²) in [5.41, 5.74) is 0.445. The Morgan fingerprint density at radius 3 is 2.76 bits per heavy atom. The predicted molar refractivity (Wildman–Crippen MR) is 92.1 cm³/mol. The Morgan fingerprint density at radius 2 is 2.08 bits per heavy atom. The highest BCUT2D eigenvalue weighted by Gasteiger charge is 2.37. The molecule has 0 aliphatic heterocycles. The first-order chi connectivity index (χ1) is 11.9. The van der Waals surface area contributed by atoms with Crippen molar-refractivity contribution in [3.8, 4) is 5.82 Å². The molecule has 0 saturated heterocycles. The molecule has 1 amide bonds. The normalized spacial score (nSPS) is 21.0. The molecule has 0 bridgehead atoms. The van der Waals surface area contributed by atoms with Gasteiger partial charge in [0.2, 0.25) is 0 Å². The van der Waals surface area contributed by atoms with Gasteiger partial charge in [0.05, 0.1) is 5.25 Å². The van der Waals surface area contributed by atoms with Crippen molar-refractivity contribution < 1.29 is 13.2 Å². The predicted octanol–water partition coefficient (Wildman–Crippen LogP) is 1.09. The van der Waals surface area contributed by atoms with Gasteiger partial charge in [-0.2, -0.15) is 5.10 Å². The third kappa shape index (κ3) is 3.71. The van der Waals surface area contributed by atoms with E-state index >= 15 is 0 Å². The van der Waals surface area contributed by atoms with E-state index in [2.05, 4.69) is 15.1 Å². The summed E-state index contributed by atoms with van der Waals surface area (Å²) in [6, 6.07) is 2.95. The summed E-state index contributed by atoms with van der Waals surface area (Å²) in [6.07, 6.45) is 8.78. The van der Waals surface area contributed by atoms with Crippen LogP contribution in [0.4, 0.5) is 0 Å². The van der Waals surface area contributed by atoms with Crippen LogP contribution in [0.3, 0.4) is 0 Å². The molecule has 1 aliphatic rings. The Bertz CT molecular complexity index is 850. The zero-order valence-electron chi connectivity index (χ0n) is 14.2. The van der Waals surface area contributed by atoms with Crippen molar-refractivity contribution in [2.45, 2.75) is 37.0 Å². The molecule has 2 aromatic heterocycles. The third-order valence-electron chi connectivity index (χ3n) is 4.68. The zero-order valence-corrected chi connectivity index (χ0v) is 15.1. The molecule has 134 valence electrons. The molecule has 3 rings (SSSR count). The van der Waals surface area contributed by atoms with Crippen LogP contribution in [-0.4, -0.2) is 63.6 Å². The second-order valence-corrected chi connectivity index (χ2v) is 8.64. The molecule has 0 N–H and O–H groups in total. The van der Waals surface area contributed by atoms with Gasteiger partial charge in [0.25, 0.3) is 5.91 Å². The first kappa shape index (κ1) is 17.5. The van der Waals surface area contributed by atoms with Crippen LogP contribution < -0.4 is 0 Å². The van der Waals surface area contributed by atoms with Gasteiger partial charge in [-0.15, -0.1) is 0 Å². The highest BCUT2D eigenvalue weighted by atomic mass is 32.2. The van der Waals surface area contributed by atoms with Crippen molar-refractivity contribution in [1.29, 1.82) is 0 Å². The molecule has 2 unspecified atom stereocenters. The summed E-state index contributed by atoms with van der Waals surface area (Å²) in [5.74, 6) is 0.268. The van der Waals surface area contributed by atoms with Gasteiger partial charge in [-0.3, -0.25) is 4.79 Å². The van der Waals surface area contributed by atoms with E-state index in [0.717, 1.165) is 12.8 Å². The number of nitrogens with zero attached hydrogens (tertiary/aromatic N) is 5. The lowest BCUT2D eigenvalue weighted by atomic mass is 9.93. The SMILES string of the molecule is CN(C(=O)c1ccnc(-n2cncn2)c1)C1CCCCC1S(C)(=O)=O. The summed E-state index contributed by atoms with van der Waals surface area (Å²) in [6.45, 7) is 0. The maximum absolute atomic E-state index is 12.9. The molecule has 1 fully saturated rings. The number of aromatic nitrogens is 4. The van der Waals surface area contributed by atoms with Crippen LogP contribution >= 0.6 is 0 Å². The molecule has 9 heteroatoms. The fraction of sp³-hybridized carbons (Fsp3) is 0.500. The van der Waals surface area contributed by atoms with Crippen LogP contribution in [0, 0.1) is 0 Å². The minimum absolute atomic E-state index is 0.218. The topological polar surface area (TPSA) is 98.1 Å². The van der Waals surface area contributed by atoms with E-state index in [9.17, 15) is 13.2 Å². The van der Waals surface area contributed by atoms with Crippen LogP contribution in [-0.2, 0) is 9.84 Å². The molecule has 2 aromatic rings. The van der Waals surface area contributed by atoms with Gasteiger partial charge in [0.15, 0.2) is 15.7 Å². The number of amides is 1. The highest BCUT2D eigenvalue weighted by molar-refractivity contribution is 7.91. The third-order valence-corrected chi connectivity index (χ3v) is 6.33. The highest BCUT2D eigenvalue weighted by Crippen LogP contribution is 2.28. The number of sulfone groups is 1. The van der Waals surface area contributed by atoms with Gasteiger partial charge in [0.1, 0.15) is 12.7 Å². The summed E-state index contributed by atoms with van der Waals surface area (Å²) >= 11 is 0. The number of rotatable bonds is 4. The largest absolute Gasteiger partial charge is 0.337 e. The molecular formula is C16H21N5O3S. The number of carbonyl (C=O) groups excluding carboxylic acids is 1. The first-order valence-corrected chi connectivity index (χ1v) is 10.1. The molecule has 0 spiro atoms. The number of hydrogen-bond acceptors (Lipinski definition) is 6. The number of pyridine rings is 1. The lowest BCUT2D eigenvalue weighted by Gasteiger charge is -2.37.